The third-order valence-corrected chi connectivity index (χ3v) is 3.59. The maximum absolute atomic E-state index is 12.3. The lowest BCUT2D eigenvalue weighted by Gasteiger charge is -2.18. The zero-order chi connectivity index (χ0) is 16.4. The Morgan fingerprint density at radius 3 is 2.52 bits per heavy atom. The van der Waals surface area contributed by atoms with Crippen LogP contribution in [0.2, 0.25) is 5.02 Å². The van der Waals surface area contributed by atoms with Crippen LogP contribution in [0.1, 0.15) is 20.7 Å². The van der Waals surface area contributed by atoms with Gasteiger partial charge in [0.05, 0.1) is 10.6 Å². The standard InChI is InChI=1S/C16H12ClNO5/c17-12-3-2-10(8-11(12)16(20)21)18-15(19)9-1-4-13-14(7-9)23-6-5-22-13/h1-4,7-8H,5-6H2,(H,18,19)(H,20,21). The molecule has 0 aromatic heterocycles. The molecule has 1 aliphatic rings. The van der Waals surface area contributed by atoms with Gasteiger partial charge >= 0.3 is 5.97 Å². The van der Waals surface area contributed by atoms with E-state index >= 15 is 0 Å². The average molecular weight is 334 g/mol. The fourth-order valence-electron chi connectivity index (χ4n) is 2.15. The van der Waals surface area contributed by atoms with Gasteiger partial charge in [0, 0.05) is 11.3 Å². The molecule has 118 valence electrons. The Balaban J connectivity index is 1.82. The highest BCUT2D eigenvalue weighted by Crippen LogP contribution is 2.31. The molecule has 6 nitrogen and oxygen atoms in total. The molecule has 0 unspecified atom stereocenters. The summed E-state index contributed by atoms with van der Waals surface area (Å²) in [5.41, 5.74) is 0.638. The fourth-order valence-corrected chi connectivity index (χ4v) is 2.35. The van der Waals surface area contributed by atoms with Crippen LogP contribution in [-0.2, 0) is 0 Å². The van der Waals surface area contributed by atoms with E-state index < -0.39 is 5.97 Å². The zero-order valence-electron chi connectivity index (χ0n) is 11.8. The molecule has 2 aromatic carbocycles. The van der Waals surface area contributed by atoms with E-state index in [-0.39, 0.29) is 16.5 Å². The van der Waals surface area contributed by atoms with Gasteiger partial charge in [-0.05, 0) is 36.4 Å². The zero-order valence-corrected chi connectivity index (χ0v) is 12.6. The van der Waals surface area contributed by atoms with Crippen LogP contribution >= 0.6 is 11.6 Å². The van der Waals surface area contributed by atoms with Crippen LogP contribution in [0.4, 0.5) is 5.69 Å². The Hall–Kier alpha value is -2.73. The number of carbonyl (C=O) groups excluding carboxylic acids is 1. The molecule has 23 heavy (non-hydrogen) atoms. The summed E-state index contributed by atoms with van der Waals surface area (Å²) in [5.74, 6) is -0.454. The Labute approximate surface area is 136 Å². The largest absolute Gasteiger partial charge is 0.486 e. The van der Waals surface area contributed by atoms with Crippen LogP contribution in [0.3, 0.4) is 0 Å². The number of amides is 1. The summed E-state index contributed by atoms with van der Waals surface area (Å²) in [6.07, 6.45) is 0. The number of fused-ring (bicyclic) bond motifs is 1. The summed E-state index contributed by atoms with van der Waals surface area (Å²) < 4.78 is 10.8. The van der Waals surface area contributed by atoms with Crippen molar-refractivity contribution in [2.45, 2.75) is 0 Å². The van der Waals surface area contributed by atoms with Gasteiger partial charge in [0.1, 0.15) is 13.2 Å². The highest BCUT2D eigenvalue weighted by molar-refractivity contribution is 6.33. The molecule has 3 rings (SSSR count). The maximum Gasteiger partial charge on any atom is 0.337 e. The number of carboxylic acids is 1. The molecule has 1 aliphatic heterocycles. The molecule has 2 N–H and O–H groups in total. The Morgan fingerprint density at radius 1 is 1.04 bits per heavy atom. The Kier molecular flexibility index (Phi) is 4.08. The van der Waals surface area contributed by atoms with Crippen molar-refractivity contribution >= 4 is 29.2 Å². The Morgan fingerprint density at radius 2 is 1.78 bits per heavy atom. The minimum Gasteiger partial charge on any atom is -0.486 e. The summed E-state index contributed by atoms with van der Waals surface area (Å²) in [4.78, 5) is 23.3. The smallest absolute Gasteiger partial charge is 0.337 e. The summed E-state index contributed by atoms with van der Waals surface area (Å²) in [5, 5.41) is 11.8. The van der Waals surface area contributed by atoms with Gasteiger partial charge in [-0.15, -0.1) is 0 Å². The number of aromatic carboxylic acids is 1. The van der Waals surface area contributed by atoms with E-state index in [1.54, 1.807) is 18.2 Å². The summed E-state index contributed by atoms with van der Waals surface area (Å²) in [6.45, 7) is 0.901. The van der Waals surface area contributed by atoms with E-state index in [4.69, 9.17) is 26.2 Å². The maximum atomic E-state index is 12.3. The highest BCUT2D eigenvalue weighted by Gasteiger charge is 2.16. The second-order valence-electron chi connectivity index (χ2n) is 4.81. The first-order valence-electron chi connectivity index (χ1n) is 6.78. The SMILES string of the molecule is O=C(Nc1ccc(Cl)c(C(=O)O)c1)c1ccc2c(c1)OCCO2. The summed E-state index contributed by atoms with van der Waals surface area (Å²) in [6, 6.07) is 9.11. The van der Waals surface area contributed by atoms with Gasteiger partial charge < -0.3 is 19.9 Å². The highest BCUT2D eigenvalue weighted by atomic mass is 35.5. The number of benzene rings is 2. The van der Waals surface area contributed by atoms with E-state index in [1.165, 1.54) is 18.2 Å². The van der Waals surface area contributed by atoms with Crippen molar-refractivity contribution in [2.24, 2.45) is 0 Å². The molecular weight excluding hydrogens is 322 g/mol. The predicted molar refractivity (Wildman–Crippen MR) is 83.8 cm³/mol. The van der Waals surface area contributed by atoms with Crippen molar-refractivity contribution in [3.63, 3.8) is 0 Å². The van der Waals surface area contributed by atoms with E-state index in [2.05, 4.69) is 5.32 Å². The monoisotopic (exact) mass is 333 g/mol. The molecule has 0 spiro atoms. The first kappa shape index (κ1) is 15.2. The van der Waals surface area contributed by atoms with Gasteiger partial charge in [-0.1, -0.05) is 11.6 Å². The average Bonchev–Trinajstić information content (AvgIpc) is 2.55. The minimum absolute atomic E-state index is 0.0772. The molecule has 0 radical (unpaired) electrons. The molecule has 1 heterocycles. The summed E-state index contributed by atoms with van der Waals surface area (Å²) in [7, 11) is 0. The molecule has 0 aliphatic carbocycles. The van der Waals surface area contributed by atoms with Crippen molar-refractivity contribution in [3.05, 3.63) is 52.5 Å². The van der Waals surface area contributed by atoms with Gasteiger partial charge in [0.15, 0.2) is 11.5 Å². The Bertz CT molecular complexity index is 790. The van der Waals surface area contributed by atoms with Crippen LogP contribution in [0.25, 0.3) is 0 Å². The molecule has 7 heteroatoms. The predicted octanol–water partition coefficient (Wildman–Crippen LogP) is 3.06. The van der Waals surface area contributed by atoms with Crippen molar-refractivity contribution in [2.75, 3.05) is 18.5 Å². The molecule has 0 fully saturated rings. The van der Waals surface area contributed by atoms with Gasteiger partial charge in [0.25, 0.3) is 5.91 Å². The number of hydrogen-bond acceptors (Lipinski definition) is 4. The molecular formula is C16H12ClNO5. The first-order valence-corrected chi connectivity index (χ1v) is 7.16. The minimum atomic E-state index is -1.16. The number of hydrogen-bond donors (Lipinski definition) is 2. The normalized spacial score (nSPS) is 12.6. The van der Waals surface area contributed by atoms with E-state index in [0.29, 0.717) is 36.0 Å². The van der Waals surface area contributed by atoms with Crippen molar-refractivity contribution in [3.8, 4) is 11.5 Å². The van der Waals surface area contributed by atoms with Gasteiger partial charge in [-0.3, -0.25) is 4.79 Å². The lowest BCUT2D eigenvalue weighted by atomic mass is 10.1. The van der Waals surface area contributed by atoms with Crippen LogP contribution in [-0.4, -0.2) is 30.2 Å². The van der Waals surface area contributed by atoms with Gasteiger partial charge in [0.2, 0.25) is 0 Å². The molecule has 0 saturated carbocycles. The molecule has 0 saturated heterocycles. The fraction of sp³-hybridized carbons (Fsp3) is 0.125. The van der Waals surface area contributed by atoms with Gasteiger partial charge in [-0.25, -0.2) is 4.79 Å². The van der Waals surface area contributed by atoms with E-state index in [9.17, 15) is 9.59 Å². The number of carbonyl (C=O) groups is 2. The molecule has 0 atom stereocenters. The van der Waals surface area contributed by atoms with Crippen LogP contribution in [0, 0.1) is 0 Å². The molecule has 1 amide bonds. The second kappa shape index (κ2) is 6.18. The number of nitrogens with one attached hydrogen (secondary N) is 1. The lowest BCUT2D eigenvalue weighted by molar-refractivity contribution is 0.0696. The number of rotatable bonds is 3. The van der Waals surface area contributed by atoms with Crippen LogP contribution in [0.5, 0.6) is 11.5 Å². The van der Waals surface area contributed by atoms with Crippen molar-refractivity contribution in [1.29, 1.82) is 0 Å². The molecule has 2 aromatic rings. The topological polar surface area (TPSA) is 84.9 Å². The van der Waals surface area contributed by atoms with Crippen molar-refractivity contribution < 1.29 is 24.2 Å². The van der Waals surface area contributed by atoms with Gasteiger partial charge in [-0.2, -0.15) is 0 Å². The number of ether oxygens (including phenoxy) is 2. The third kappa shape index (κ3) is 3.22. The second-order valence-corrected chi connectivity index (χ2v) is 5.22. The van der Waals surface area contributed by atoms with Crippen LogP contribution in [0.15, 0.2) is 36.4 Å². The third-order valence-electron chi connectivity index (χ3n) is 3.26. The molecule has 0 bridgehead atoms. The number of halogens is 1. The van der Waals surface area contributed by atoms with Crippen LogP contribution < -0.4 is 14.8 Å². The summed E-state index contributed by atoms with van der Waals surface area (Å²) >= 11 is 5.80. The quantitative estimate of drug-likeness (QED) is 0.901. The number of anilines is 1. The number of carboxylic acid groups (broad SMARTS) is 1. The van der Waals surface area contributed by atoms with E-state index in [1.807, 2.05) is 0 Å². The lowest BCUT2D eigenvalue weighted by Crippen LogP contribution is -2.17. The van der Waals surface area contributed by atoms with Crippen molar-refractivity contribution in [1.82, 2.24) is 0 Å². The van der Waals surface area contributed by atoms with E-state index in [0.717, 1.165) is 0 Å². The first-order chi connectivity index (χ1) is 11.0.